The summed E-state index contributed by atoms with van der Waals surface area (Å²) in [7, 11) is 0. The summed E-state index contributed by atoms with van der Waals surface area (Å²) in [6.45, 7) is 0. The molecular formula is C17H14N4OS2. The molecular weight excluding hydrogens is 340 g/mol. The average molecular weight is 354 g/mol. The summed E-state index contributed by atoms with van der Waals surface area (Å²) in [6, 6.07) is 16.0. The minimum Gasteiger partial charge on any atom is -0.356 e. The van der Waals surface area contributed by atoms with E-state index in [0.29, 0.717) is 5.75 Å². The molecule has 0 aliphatic rings. The molecule has 0 spiro atoms. The fourth-order valence-corrected chi connectivity index (χ4v) is 3.66. The van der Waals surface area contributed by atoms with Gasteiger partial charge < -0.3 is 4.52 Å². The Morgan fingerprint density at radius 3 is 2.88 bits per heavy atom. The van der Waals surface area contributed by atoms with E-state index in [1.807, 2.05) is 42.5 Å². The lowest BCUT2D eigenvalue weighted by Crippen LogP contribution is -1.87. The van der Waals surface area contributed by atoms with Gasteiger partial charge >= 0.3 is 0 Å². The lowest BCUT2D eigenvalue weighted by atomic mass is 10.2. The van der Waals surface area contributed by atoms with Crippen molar-refractivity contribution in [3.63, 3.8) is 0 Å². The van der Waals surface area contributed by atoms with Crippen LogP contribution in [0.25, 0.3) is 11.3 Å². The van der Waals surface area contributed by atoms with Gasteiger partial charge in [0.25, 0.3) is 0 Å². The first-order valence-corrected chi connectivity index (χ1v) is 9.31. The molecule has 3 aromatic heterocycles. The summed E-state index contributed by atoms with van der Waals surface area (Å²) in [5.41, 5.74) is 1.90. The molecule has 120 valence electrons. The Balaban J connectivity index is 1.37. The molecule has 0 radical (unpaired) electrons. The summed E-state index contributed by atoms with van der Waals surface area (Å²) < 4.78 is 5.40. The van der Waals surface area contributed by atoms with E-state index in [0.717, 1.165) is 34.4 Å². The summed E-state index contributed by atoms with van der Waals surface area (Å²) in [5.74, 6) is 2.33. The molecule has 5 nitrogen and oxygen atoms in total. The van der Waals surface area contributed by atoms with Crippen LogP contribution < -0.4 is 0 Å². The van der Waals surface area contributed by atoms with Crippen molar-refractivity contribution in [3.8, 4) is 11.3 Å². The molecule has 4 rings (SSSR count). The van der Waals surface area contributed by atoms with Gasteiger partial charge in [-0.25, -0.2) is 4.98 Å². The fraction of sp³-hybridized carbons (Fsp3) is 0.118. The zero-order valence-electron chi connectivity index (χ0n) is 12.7. The number of benzene rings is 1. The molecule has 1 N–H and O–H groups in total. The van der Waals surface area contributed by atoms with Gasteiger partial charge in [0, 0.05) is 28.7 Å². The van der Waals surface area contributed by atoms with Gasteiger partial charge in [0.15, 0.2) is 5.76 Å². The Labute approximate surface area is 147 Å². The Morgan fingerprint density at radius 1 is 1.12 bits per heavy atom. The Hall–Kier alpha value is -2.38. The number of H-pyrrole nitrogens is 1. The molecule has 0 aliphatic carbocycles. The van der Waals surface area contributed by atoms with Gasteiger partial charge in [0.2, 0.25) is 5.16 Å². The van der Waals surface area contributed by atoms with E-state index < -0.39 is 0 Å². The van der Waals surface area contributed by atoms with Crippen LogP contribution in [0.2, 0.25) is 0 Å². The Kier molecular flexibility index (Phi) is 4.44. The van der Waals surface area contributed by atoms with Crippen LogP contribution >= 0.6 is 23.1 Å². The number of hydrogen-bond donors (Lipinski definition) is 1. The molecule has 0 saturated heterocycles. The summed E-state index contributed by atoms with van der Waals surface area (Å²) >= 11 is 3.26. The van der Waals surface area contributed by atoms with Crippen molar-refractivity contribution >= 4 is 23.1 Å². The first-order valence-electron chi connectivity index (χ1n) is 7.44. The maximum atomic E-state index is 5.40. The number of nitrogens with zero attached hydrogens (tertiary/aromatic N) is 3. The third kappa shape index (κ3) is 3.58. The first kappa shape index (κ1) is 15.2. The van der Waals surface area contributed by atoms with Crippen molar-refractivity contribution in [1.82, 2.24) is 20.3 Å². The standard InChI is InChI=1S/C17H14N4OS2/c1-2-5-12(6-3-1)15-9-13(21-22-15)11-24-17-18-16(19-20-17)10-14-7-4-8-23-14/h1-9H,10-11H2,(H,18,19,20). The van der Waals surface area contributed by atoms with Crippen molar-refractivity contribution in [3.05, 3.63) is 70.3 Å². The minimum absolute atomic E-state index is 0.673. The predicted molar refractivity (Wildman–Crippen MR) is 95.0 cm³/mol. The number of rotatable bonds is 6. The second kappa shape index (κ2) is 7.02. The van der Waals surface area contributed by atoms with Crippen LogP contribution in [-0.2, 0) is 12.2 Å². The maximum Gasteiger partial charge on any atom is 0.208 e. The molecule has 3 heterocycles. The first-order chi connectivity index (χ1) is 11.9. The topological polar surface area (TPSA) is 67.6 Å². The van der Waals surface area contributed by atoms with Crippen molar-refractivity contribution < 1.29 is 4.52 Å². The lowest BCUT2D eigenvalue weighted by molar-refractivity contribution is 0.426. The summed E-state index contributed by atoms with van der Waals surface area (Å²) in [6.07, 6.45) is 0.785. The smallest absolute Gasteiger partial charge is 0.208 e. The zero-order valence-corrected chi connectivity index (χ0v) is 14.3. The molecule has 24 heavy (non-hydrogen) atoms. The molecule has 0 unspecified atom stereocenters. The molecule has 0 atom stereocenters. The van der Waals surface area contributed by atoms with Gasteiger partial charge in [-0.2, -0.15) is 0 Å². The summed E-state index contributed by atoms with van der Waals surface area (Å²) in [4.78, 5) is 5.78. The number of hydrogen-bond acceptors (Lipinski definition) is 6. The van der Waals surface area contributed by atoms with Crippen LogP contribution in [0, 0.1) is 0 Å². The van der Waals surface area contributed by atoms with E-state index in [4.69, 9.17) is 4.52 Å². The second-order valence-corrected chi connectivity index (χ2v) is 7.13. The van der Waals surface area contributed by atoms with Crippen molar-refractivity contribution in [2.45, 2.75) is 17.3 Å². The highest BCUT2D eigenvalue weighted by Gasteiger charge is 2.09. The quantitative estimate of drug-likeness (QED) is 0.520. The van der Waals surface area contributed by atoms with Crippen LogP contribution in [0.5, 0.6) is 0 Å². The van der Waals surface area contributed by atoms with Crippen LogP contribution in [0.3, 0.4) is 0 Å². The van der Waals surface area contributed by atoms with E-state index in [9.17, 15) is 0 Å². The monoisotopic (exact) mass is 354 g/mol. The van der Waals surface area contributed by atoms with Gasteiger partial charge in [0.05, 0.1) is 5.69 Å². The van der Waals surface area contributed by atoms with Crippen molar-refractivity contribution in [2.24, 2.45) is 0 Å². The predicted octanol–water partition coefficient (Wildman–Crippen LogP) is 4.40. The molecule has 0 fully saturated rings. The minimum atomic E-state index is 0.673. The molecule has 1 aromatic carbocycles. The number of thiophene rings is 1. The van der Waals surface area contributed by atoms with Gasteiger partial charge in [-0.15, -0.1) is 16.4 Å². The molecule has 0 amide bonds. The highest BCUT2D eigenvalue weighted by Crippen LogP contribution is 2.24. The van der Waals surface area contributed by atoms with E-state index >= 15 is 0 Å². The van der Waals surface area contributed by atoms with E-state index in [2.05, 4.69) is 31.8 Å². The number of aromatic nitrogens is 4. The third-order valence-corrected chi connectivity index (χ3v) is 5.16. The number of aromatic amines is 1. The Morgan fingerprint density at radius 2 is 2.04 bits per heavy atom. The van der Waals surface area contributed by atoms with Crippen LogP contribution in [0.1, 0.15) is 16.4 Å². The highest BCUT2D eigenvalue weighted by atomic mass is 32.2. The number of nitrogens with one attached hydrogen (secondary N) is 1. The van der Waals surface area contributed by atoms with Gasteiger partial charge in [-0.1, -0.05) is 53.3 Å². The van der Waals surface area contributed by atoms with Gasteiger partial charge in [-0.3, -0.25) is 5.10 Å². The molecule has 0 saturated carbocycles. The van der Waals surface area contributed by atoms with E-state index in [1.54, 1.807) is 23.1 Å². The largest absolute Gasteiger partial charge is 0.356 e. The van der Waals surface area contributed by atoms with Crippen LogP contribution in [0.4, 0.5) is 0 Å². The zero-order chi connectivity index (χ0) is 16.2. The molecule has 0 bridgehead atoms. The normalized spacial score (nSPS) is 11.0. The van der Waals surface area contributed by atoms with Crippen molar-refractivity contribution in [2.75, 3.05) is 0 Å². The maximum absolute atomic E-state index is 5.40. The Bertz CT molecular complexity index is 900. The number of thioether (sulfide) groups is 1. The van der Waals surface area contributed by atoms with Gasteiger partial charge in [0.1, 0.15) is 5.82 Å². The van der Waals surface area contributed by atoms with E-state index in [1.165, 1.54) is 4.88 Å². The molecule has 4 aromatic rings. The average Bonchev–Trinajstić information content (AvgIpc) is 3.36. The van der Waals surface area contributed by atoms with Crippen LogP contribution in [0.15, 0.2) is 63.6 Å². The fourth-order valence-electron chi connectivity index (χ4n) is 2.26. The highest BCUT2D eigenvalue weighted by molar-refractivity contribution is 7.98. The van der Waals surface area contributed by atoms with Crippen molar-refractivity contribution in [1.29, 1.82) is 0 Å². The third-order valence-electron chi connectivity index (χ3n) is 3.40. The SMILES string of the molecule is c1ccc(-c2cc(CSc3n[nH]c(Cc4cccs4)n3)no2)cc1. The van der Waals surface area contributed by atoms with Crippen LogP contribution in [-0.4, -0.2) is 20.3 Å². The molecule has 0 aliphatic heterocycles. The lowest BCUT2D eigenvalue weighted by Gasteiger charge is -1.92. The summed E-state index contributed by atoms with van der Waals surface area (Å²) in [5, 5.41) is 14.2. The molecule has 7 heteroatoms. The van der Waals surface area contributed by atoms with E-state index in [-0.39, 0.29) is 0 Å². The second-order valence-electron chi connectivity index (χ2n) is 5.16. The van der Waals surface area contributed by atoms with Gasteiger partial charge in [-0.05, 0) is 11.4 Å².